The van der Waals surface area contributed by atoms with E-state index in [4.69, 9.17) is 5.11 Å². The SMILES string of the molecule is CCn1cc(C(=O)N[C@H](CC(C)C)C(=O)O)c(C(F)(F)F)n1. The minimum Gasteiger partial charge on any atom is -0.480 e. The largest absolute Gasteiger partial charge is 0.480 e. The van der Waals surface area contributed by atoms with Crippen LogP contribution in [-0.2, 0) is 17.5 Å². The molecule has 1 atom stereocenters. The first-order valence-electron chi connectivity index (χ1n) is 6.74. The molecule has 1 rings (SSSR count). The maximum absolute atomic E-state index is 12.9. The van der Waals surface area contributed by atoms with Gasteiger partial charge in [0.05, 0.1) is 5.56 Å². The number of carboxylic acids is 1. The highest BCUT2D eigenvalue weighted by Crippen LogP contribution is 2.30. The van der Waals surface area contributed by atoms with Crippen molar-refractivity contribution >= 4 is 11.9 Å². The molecule has 0 aliphatic heterocycles. The van der Waals surface area contributed by atoms with Crippen molar-refractivity contribution in [3.8, 4) is 0 Å². The van der Waals surface area contributed by atoms with Crippen molar-refractivity contribution in [2.45, 2.75) is 46.0 Å². The zero-order valence-electron chi connectivity index (χ0n) is 12.4. The van der Waals surface area contributed by atoms with Crippen LogP contribution in [0.1, 0.15) is 43.2 Å². The number of hydrogen-bond donors (Lipinski definition) is 2. The molecule has 0 saturated carbocycles. The van der Waals surface area contributed by atoms with E-state index in [0.29, 0.717) is 0 Å². The Bertz CT molecular complexity index is 552. The Morgan fingerprint density at radius 1 is 1.41 bits per heavy atom. The summed E-state index contributed by atoms with van der Waals surface area (Å²) in [6, 6.07) is -1.25. The van der Waals surface area contributed by atoms with Crippen molar-refractivity contribution in [3.05, 3.63) is 17.5 Å². The molecule has 0 aromatic carbocycles. The molecule has 0 fully saturated rings. The standard InChI is InChI=1S/C13H18F3N3O3/c1-4-19-6-8(10(18-19)13(14,15)16)11(20)17-9(12(21)22)5-7(2)3/h6-7,9H,4-5H2,1-3H3,(H,17,20)(H,21,22)/t9-/m1/s1. The lowest BCUT2D eigenvalue weighted by Crippen LogP contribution is -2.42. The molecule has 6 nitrogen and oxygen atoms in total. The number of rotatable bonds is 6. The molecular weight excluding hydrogens is 303 g/mol. The molecule has 22 heavy (non-hydrogen) atoms. The molecule has 1 amide bonds. The number of amides is 1. The quantitative estimate of drug-likeness (QED) is 0.841. The van der Waals surface area contributed by atoms with Gasteiger partial charge in [-0.05, 0) is 19.3 Å². The van der Waals surface area contributed by atoms with E-state index in [1.54, 1.807) is 20.8 Å². The highest BCUT2D eigenvalue weighted by atomic mass is 19.4. The fourth-order valence-electron chi connectivity index (χ4n) is 1.89. The minimum absolute atomic E-state index is 0.0400. The lowest BCUT2D eigenvalue weighted by Gasteiger charge is -2.16. The van der Waals surface area contributed by atoms with Crippen LogP contribution >= 0.6 is 0 Å². The molecule has 0 spiro atoms. The van der Waals surface area contributed by atoms with E-state index in [2.05, 4.69) is 10.4 Å². The van der Waals surface area contributed by atoms with Crippen LogP contribution in [0.5, 0.6) is 0 Å². The first-order chi connectivity index (χ1) is 10.1. The van der Waals surface area contributed by atoms with Crippen molar-refractivity contribution in [2.24, 2.45) is 5.92 Å². The lowest BCUT2D eigenvalue weighted by molar-refractivity contribution is -0.141. The molecular formula is C13H18F3N3O3. The van der Waals surface area contributed by atoms with Crippen molar-refractivity contribution in [3.63, 3.8) is 0 Å². The predicted octanol–water partition coefficient (Wildman–Crippen LogP) is 2.15. The smallest absolute Gasteiger partial charge is 0.435 e. The normalized spacial score (nSPS) is 13.2. The highest BCUT2D eigenvalue weighted by molar-refractivity contribution is 5.97. The summed E-state index contributed by atoms with van der Waals surface area (Å²) >= 11 is 0. The number of hydrogen-bond acceptors (Lipinski definition) is 3. The summed E-state index contributed by atoms with van der Waals surface area (Å²) in [6.07, 6.45) is -3.71. The number of aryl methyl sites for hydroxylation is 1. The molecule has 0 saturated heterocycles. The van der Waals surface area contributed by atoms with Gasteiger partial charge in [-0.25, -0.2) is 4.79 Å². The maximum atomic E-state index is 12.9. The van der Waals surface area contributed by atoms with Gasteiger partial charge in [-0.2, -0.15) is 18.3 Å². The van der Waals surface area contributed by atoms with Gasteiger partial charge in [0, 0.05) is 12.7 Å². The third kappa shape index (κ3) is 4.47. The Morgan fingerprint density at radius 2 is 2.00 bits per heavy atom. The molecule has 124 valence electrons. The van der Waals surface area contributed by atoms with Crippen LogP contribution in [0.3, 0.4) is 0 Å². The molecule has 0 aliphatic rings. The number of halogens is 3. The van der Waals surface area contributed by atoms with Gasteiger partial charge in [-0.15, -0.1) is 0 Å². The summed E-state index contributed by atoms with van der Waals surface area (Å²) < 4.78 is 39.7. The fourth-order valence-corrected chi connectivity index (χ4v) is 1.89. The van der Waals surface area contributed by atoms with Crippen molar-refractivity contribution in [2.75, 3.05) is 0 Å². The van der Waals surface area contributed by atoms with Gasteiger partial charge in [0.15, 0.2) is 5.69 Å². The third-order valence-electron chi connectivity index (χ3n) is 2.91. The first kappa shape index (κ1) is 18.0. The van der Waals surface area contributed by atoms with E-state index >= 15 is 0 Å². The van der Waals surface area contributed by atoms with E-state index in [-0.39, 0.29) is 18.9 Å². The van der Waals surface area contributed by atoms with Gasteiger partial charge in [-0.1, -0.05) is 13.8 Å². The average molecular weight is 321 g/mol. The van der Waals surface area contributed by atoms with Crippen LogP contribution in [0, 0.1) is 5.92 Å². The second-order valence-electron chi connectivity index (χ2n) is 5.24. The Hall–Kier alpha value is -2.06. The maximum Gasteiger partial charge on any atom is 0.435 e. The molecule has 1 aromatic rings. The summed E-state index contributed by atoms with van der Waals surface area (Å²) in [5.74, 6) is -2.43. The monoisotopic (exact) mass is 321 g/mol. The number of carbonyl (C=O) groups is 2. The van der Waals surface area contributed by atoms with E-state index in [1.807, 2.05) is 0 Å². The number of carboxylic acid groups (broad SMARTS) is 1. The Balaban J connectivity index is 3.06. The zero-order chi connectivity index (χ0) is 17.1. The van der Waals surface area contributed by atoms with E-state index in [1.165, 1.54) is 0 Å². The summed E-state index contributed by atoms with van der Waals surface area (Å²) in [5, 5.41) is 14.5. The van der Waals surface area contributed by atoms with Crippen molar-refractivity contribution < 1.29 is 27.9 Å². The van der Waals surface area contributed by atoms with Crippen molar-refractivity contribution in [1.29, 1.82) is 0 Å². The van der Waals surface area contributed by atoms with Gasteiger partial charge in [0.2, 0.25) is 0 Å². The second-order valence-corrected chi connectivity index (χ2v) is 5.24. The molecule has 0 unspecified atom stereocenters. The number of carbonyl (C=O) groups excluding carboxylic acids is 1. The van der Waals surface area contributed by atoms with Crippen LogP contribution in [0.25, 0.3) is 0 Å². The van der Waals surface area contributed by atoms with E-state index in [9.17, 15) is 22.8 Å². The predicted molar refractivity (Wildman–Crippen MR) is 71.2 cm³/mol. The second kappa shape index (κ2) is 6.80. The van der Waals surface area contributed by atoms with Crippen LogP contribution < -0.4 is 5.32 Å². The van der Waals surface area contributed by atoms with E-state index in [0.717, 1.165) is 10.9 Å². The van der Waals surface area contributed by atoms with E-state index < -0.39 is 35.4 Å². The highest BCUT2D eigenvalue weighted by Gasteiger charge is 2.39. The van der Waals surface area contributed by atoms with Gasteiger partial charge < -0.3 is 10.4 Å². The van der Waals surface area contributed by atoms with Gasteiger partial charge in [0.25, 0.3) is 5.91 Å². The lowest BCUT2D eigenvalue weighted by atomic mass is 10.0. The van der Waals surface area contributed by atoms with Crippen LogP contribution in [0.15, 0.2) is 6.20 Å². The number of nitrogens with zero attached hydrogens (tertiary/aromatic N) is 2. The van der Waals surface area contributed by atoms with Gasteiger partial charge in [0.1, 0.15) is 6.04 Å². The minimum atomic E-state index is -4.79. The number of alkyl halides is 3. The van der Waals surface area contributed by atoms with Crippen LogP contribution in [0.2, 0.25) is 0 Å². The van der Waals surface area contributed by atoms with Crippen LogP contribution in [0.4, 0.5) is 13.2 Å². The Kier molecular flexibility index (Phi) is 5.56. The summed E-state index contributed by atoms with van der Waals surface area (Å²) in [7, 11) is 0. The Labute approximate surface area is 125 Å². The molecule has 1 heterocycles. The third-order valence-corrected chi connectivity index (χ3v) is 2.91. The number of aromatic nitrogens is 2. The first-order valence-corrected chi connectivity index (χ1v) is 6.74. The summed E-state index contributed by atoms with van der Waals surface area (Å²) in [6.45, 7) is 5.23. The van der Waals surface area contributed by atoms with Gasteiger partial charge >= 0.3 is 12.1 Å². The molecule has 2 N–H and O–H groups in total. The summed E-state index contributed by atoms with van der Waals surface area (Å²) in [5.41, 5.74) is -2.00. The molecule has 0 radical (unpaired) electrons. The average Bonchev–Trinajstić information content (AvgIpc) is 2.81. The van der Waals surface area contributed by atoms with Crippen LogP contribution in [-0.4, -0.2) is 32.8 Å². The van der Waals surface area contributed by atoms with Crippen molar-refractivity contribution in [1.82, 2.24) is 15.1 Å². The summed E-state index contributed by atoms with van der Waals surface area (Å²) in [4.78, 5) is 23.1. The zero-order valence-corrected chi connectivity index (χ0v) is 12.4. The van der Waals surface area contributed by atoms with Gasteiger partial charge in [-0.3, -0.25) is 9.48 Å². The number of aliphatic carboxylic acids is 1. The number of nitrogens with one attached hydrogen (secondary N) is 1. The molecule has 0 bridgehead atoms. The molecule has 1 aromatic heterocycles. The molecule has 0 aliphatic carbocycles. The topological polar surface area (TPSA) is 84.2 Å². The Morgan fingerprint density at radius 3 is 2.41 bits per heavy atom. The fraction of sp³-hybridized carbons (Fsp3) is 0.615. The molecule has 9 heteroatoms.